The Morgan fingerprint density at radius 3 is 1.86 bits per heavy atom. The maximum absolute atomic E-state index is 4.64. The van der Waals surface area contributed by atoms with Crippen LogP contribution in [-0.4, -0.2) is 12.3 Å². The van der Waals surface area contributed by atoms with Gasteiger partial charge in [0, 0.05) is 6.42 Å². The third-order valence-corrected chi connectivity index (χ3v) is 2.20. The predicted octanol–water partition coefficient (Wildman–Crippen LogP) is 3.09. The lowest BCUT2D eigenvalue weighted by Gasteiger charge is -1.93. The standard InChI is InChI=1S/C8H10.C4H7NO/c1-7-5-3-4-6-8(7)2;1-4-2-3-6-5-4/h3-6H,1-2H3;2-3H2,1H3. The van der Waals surface area contributed by atoms with Crippen molar-refractivity contribution in [3.63, 3.8) is 0 Å². The molecular weight excluding hydrogens is 174 g/mol. The van der Waals surface area contributed by atoms with E-state index in [0.717, 1.165) is 18.7 Å². The number of nitrogens with zero attached hydrogens (tertiary/aromatic N) is 1. The fourth-order valence-electron chi connectivity index (χ4n) is 1.06. The van der Waals surface area contributed by atoms with Gasteiger partial charge in [0.1, 0.15) is 6.61 Å². The molecule has 1 aromatic rings. The minimum absolute atomic E-state index is 0.784. The summed E-state index contributed by atoms with van der Waals surface area (Å²) in [5, 5.41) is 3.65. The van der Waals surface area contributed by atoms with Crippen LogP contribution < -0.4 is 0 Å². The van der Waals surface area contributed by atoms with Crippen molar-refractivity contribution in [2.75, 3.05) is 6.61 Å². The molecule has 1 heterocycles. The SMILES string of the molecule is CC1=NOCC1.Cc1ccccc1C. The van der Waals surface area contributed by atoms with E-state index in [2.05, 4.69) is 48.1 Å². The van der Waals surface area contributed by atoms with Crippen molar-refractivity contribution in [1.29, 1.82) is 0 Å². The Balaban J connectivity index is 0.000000146. The molecule has 14 heavy (non-hydrogen) atoms. The zero-order chi connectivity index (χ0) is 10.4. The van der Waals surface area contributed by atoms with Gasteiger partial charge >= 0.3 is 0 Å². The van der Waals surface area contributed by atoms with Crippen LogP contribution in [0.2, 0.25) is 0 Å². The van der Waals surface area contributed by atoms with Gasteiger partial charge in [-0.15, -0.1) is 0 Å². The molecule has 76 valence electrons. The van der Waals surface area contributed by atoms with Crippen molar-refractivity contribution in [2.24, 2.45) is 5.16 Å². The summed E-state index contributed by atoms with van der Waals surface area (Å²) >= 11 is 0. The molecule has 2 heteroatoms. The molecule has 0 fully saturated rings. The van der Waals surface area contributed by atoms with E-state index >= 15 is 0 Å². The normalized spacial score (nSPS) is 13.8. The lowest BCUT2D eigenvalue weighted by Crippen LogP contribution is -1.82. The van der Waals surface area contributed by atoms with E-state index in [0.29, 0.717) is 0 Å². The Morgan fingerprint density at radius 1 is 1.07 bits per heavy atom. The Hall–Kier alpha value is -1.31. The van der Waals surface area contributed by atoms with Crippen molar-refractivity contribution >= 4 is 5.71 Å². The van der Waals surface area contributed by atoms with Gasteiger partial charge < -0.3 is 4.84 Å². The van der Waals surface area contributed by atoms with Crippen molar-refractivity contribution in [1.82, 2.24) is 0 Å². The molecular formula is C12H17NO. The molecule has 0 atom stereocenters. The molecule has 0 aliphatic carbocycles. The molecule has 0 unspecified atom stereocenters. The molecule has 0 radical (unpaired) electrons. The first-order valence-corrected chi connectivity index (χ1v) is 4.88. The van der Waals surface area contributed by atoms with Gasteiger partial charge in [-0.2, -0.15) is 0 Å². The third-order valence-electron chi connectivity index (χ3n) is 2.20. The third kappa shape index (κ3) is 3.60. The zero-order valence-corrected chi connectivity index (χ0v) is 9.08. The second kappa shape index (κ2) is 5.43. The van der Waals surface area contributed by atoms with Crippen LogP contribution in [0.1, 0.15) is 24.5 Å². The summed E-state index contributed by atoms with van der Waals surface area (Å²) in [6.45, 7) is 6.99. The van der Waals surface area contributed by atoms with Crippen LogP contribution in [0.5, 0.6) is 0 Å². The van der Waals surface area contributed by atoms with E-state index < -0.39 is 0 Å². The number of hydrogen-bond donors (Lipinski definition) is 0. The number of aryl methyl sites for hydroxylation is 2. The van der Waals surface area contributed by atoms with E-state index in [9.17, 15) is 0 Å². The first kappa shape index (κ1) is 10.8. The molecule has 2 nitrogen and oxygen atoms in total. The fraction of sp³-hybridized carbons (Fsp3) is 0.417. The average molecular weight is 191 g/mol. The second-order valence-corrected chi connectivity index (χ2v) is 3.49. The number of oxime groups is 1. The Kier molecular flexibility index (Phi) is 4.17. The van der Waals surface area contributed by atoms with E-state index in [1.165, 1.54) is 11.1 Å². The van der Waals surface area contributed by atoms with Gasteiger partial charge in [0.15, 0.2) is 0 Å². The highest BCUT2D eigenvalue weighted by Crippen LogP contribution is 2.02. The van der Waals surface area contributed by atoms with Gasteiger partial charge in [-0.1, -0.05) is 29.4 Å². The maximum atomic E-state index is 4.64. The molecule has 1 aliphatic rings. The Bertz CT molecular complexity index is 297. The van der Waals surface area contributed by atoms with Crippen LogP contribution in [0, 0.1) is 13.8 Å². The molecule has 0 amide bonds. The van der Waals surface area contributed by atoms with Gasteiger partial charge in [0.25, 0.3) is 0 Å². The van der Waals surface area contributed by atoms with Crippen molar-refractivity contribution in [2.45, 2.75) is 27.2 Å². The molecule has 0 saturated carbocycles. The summed E-state index contributed by atoms with van der Waals surface area (Å²) in [6, 6.07) is 8.36. The van der Waals surface area contributed by atoms with Gasteiger partial charge in [0.2, 0.25) is 0 Å². The minimum atomic E-state index is 0.784. The van der Waals surface area contributed by atoms with Crippen molar-refractivity contribution < 1.29 is 4.84 Å². The fourth-order valence-corrected chi connectivity index (χ4v) is 1.06. The lowest BCUT2D eigenvalue weighted by molar-refractivity contribution is 0.173. The van der Waals surface area contributed by atoms with Gasteiger partial charge in [-0.05, 0) is 31.9 Å². The lowest BCUT2D eigenvalue weighted by atomic mass is 10.1. The Labute approximate surface area is 85.6 Å². The van der Waals surface area contributed by atoms with Gasteiger partial charge in [-0.25, -0.2) is 0 Å². The number of hydrogen-bond acceptors (Lipinski definition) is 2. The topological polar surface area (TPSA) is 21.6 Å². The van der Waals surface area contributed by atoms with Gasteiger partial charge in [0.05, 0.1) is 5.71 Å². The van der Waals surface area contributed by atoms with Crippen LogP contribution in [-0.2, 0) is 4.84 Å². The molecule has 0 spiro atoms. The largest absolute Gasteiger partial charge is 0.395 e. The van der Waals surface area contributed by atoms with Crippen molar-refractivity contribution in [3.8, 4) is 0 Å². The first-order valence-electron chi connectivity index (χ1n) is 4.88. The van der Waals surface area contributed by atoms with E-state index in [-0.39, 0.29) is 0 Å². The van der Waals surface area contributed by atoms with Crippen molar-refractivity contribution in [3.05, 3.63) is 35.4 Å². The average Bonchev–Trinajstić information content (AvgIpc) is 2.63. The van der Waals surface area contributed by atoms with Crippen LogP contribution in [0.15, 0.2) is 29.4 Å². The van der Waals surface area contributed by atoms with Crippen LogP contribution >= 0.6 is 0 Å². The van der Waals surface area contributed by atoms with Crippen LogP contribution in [0.4, 0.5) is 0 Å². The highest BCUT2D eigenvalue weighted by molar-refractivity contribution is 5.82. The highest BCUT2D eigenvalue weighted by Gasteiger charge is 1.98. The highest BCUT2D eigenvalue weighted by atomic mass is 16.6. The van der Waals surface area contributed by atoms with Crippen LogP contribution in [0.3, 0.4) is 0 Å². The van der Waals surface area contributed by atoms with E-state index in [1.807, 2.05) is 6.92 Å². The number of rotatable bonds is 0. The van der Waals surface area contributed by atoms with E-state index in [4.69, 9.17) is 0 Å². The summed E-state index contributed by atoms with van der Waals surface area (Å²) in [6.07, 6.45) is 1.01. The molecule has 1 aromatic carbocycles. The molecule has 0 aromatic heterocycles. The molecule has 0 saturated heterocycles. The molecule has 0 N–H and O–H groups in total. The van der Waals surface area contributed by atoms with E-state index in [1.54, 1.807) is 0 Å². The Morgan fingerprint density at radius 2 is 1.64 bits per heavy atom. The quantitative estimate of drug-likeness (QED) is 0.617. The minimum Gasteiger partial charge on any atom is -0.395 e. The predicted molar refractivity (Wildman–Crippen MR) is 59.6 cm³/mol. The summed E-state index contributed by atoms with van der Waals surface area (Å²) in [4.78, 5) is 4.64. The monoisotopic (exact) mass is 191 g/mol. The smallest absolute Gasteiger partial charge is 0.122 e. The molecule has 1 aliphatic heterocycles. The molecule has 2 rings (SSSR count). The van der Waals surface area contributed by atoms with Crippen LogP contribution in [0.25, 0.3) is 0 Å². The van der Waals surface area contributed by atoms with Gasteiger partial charge in [-0.3, -0.25) is 0 Å². The summed E-state index contributed by atoms with van der Waals surface area (Å²) < 4.78 is 0. The summed E-state index contributed by atoms with van der Waals surface area (Å²) in [7, 11) is 0. The zero-order valence-electron chi connectivity index (χ0n) is 9.08. The first-order chi connectivity index (χ1) is 6.70. The second-order valence-electron chi connectivity index (χ2n) is 3.49. The summed E-state index contributed by atoms with van der Waals surface area (Å²) in [5.74, 6) is 0. The summed E-state index contributed by atoms with van der Waals surface area (Å²) in [5.41, 5.74) is 3.84. The number of benzene rings is 1. The maximum Gasteiger partial charge on any atom is 0.122 e. The molecule has 0 bridgehead atoms.